The van der Waals surface area contributed by atoms with Crippen LogP contribution in [0.5, 0.6) is 0 Å². The van der Waals surface area contributed by atoms with Crippen LogP contribution in [0.2, 0.25) is 0 Å². The largest absolute Gasteiger partial charge is 0.481 e. The van der Waals surface area contributed by atoms with Gasteiger partial charge >= 0.3 is 12.1 Å². The van der Waals surface area contributed by atoms with E-state index in [9.17, 15) is 18.0 Å². The lowest BCUT2D eigenvalue weighted by atomic mass is 9.86. The molecule has 0 aromatic heterocycles. The summed E-state index contributed by atoms with van der Waals surface area (Å²) in [6.45, 7) is 0.132. The number of aliphatic carboxylic acids is 1. The van der Waals surface area contributed by atoms with Gasteiger partial charge in [0, 0.05) is 6.54 Å². The van der Waals surface area contributed by atoms with Crippen LogP contribution in [0.3, 0.4) is 0 Å². The van der Waals surface area contributed by atoms with Gasteiger partial charge in [-0.15, -0.1) is 0 Å². The van der Waals surface area contributed by atoms with E-state index in [1.807, 2.05) is 0 Å². The van der Waals surface area contributed by atoms with Crippen LogP contribution in [0.4, 0.5) is 13.2 Å². The Bertz CT molecular complexity index is 204. The normalized spacial score (nSPS) is 30.1. The molecule has 0 spiro atoms. The van der Waals surface area contributed by atoms with Crippen LogP contribution < -0.4 is 5.32 Å². The van der Waals surface area contributed by atoms with E-state index in [1.165, 1.54) is 0 Å². The smallest absolute Gasteiger partial charge is 0.392 e. The molecule has 3 nitrogen and oxygen atoms in total. The molecule has 1 saturated heterocycles. The van der Waals surface area contributed by atoms with Gasteiger partial charge in [-0.2, -0.15) is 13.2 Å². The van der Waals surface area contributed by atoms with Gasteiger partial charge in [0.1, 0.15) is 0 Å². The average Bonchev–Trinajstić information content (AvgIpc) is 2.03. The summed E-state index contributed by atoms with van der Waals surface area (Å²) >= 11 is 0. The van der Waals surface area contributed by atoms with Gasteiger partial charge in [0.25, 0.3) is 0 Å². The molecule has 0 aliphatic carbocycles. The van der Waals surface area contributed by atoms with Crippen LogP contribution >= 0.6 is 0 Å². The SMILES string of the molecule is O=C(O)[C@H]1CNCC[C@H]1C(F)(F)F. The molecule has 1 aliphatic rings. The van der Waals surface area contributed by atoms with Crippen LogP contribution in [0, 0.1) is 11.8 Å². The van der Waals surface area contributed by atoms with E-state index >= 15 is 0 Å². The Hall–Kier alpha value is -0.780. The molecule has 6 heteroatoms. The van der Waals surface area contributed by atoms with Gasteiger partial charge in [-0.05, 0) is 13.0 Å². The van der Waals surface area contributed by atoms with Crippen molar-refractivity contribution in [3.05, 3.63) is 0 Å². The Morgan fingerprint density at radius 3 is 2.46 bits per heavy atom. The molecule has 0 aromatic rings. The second kappa shape index (κ2) is 3.53. The van der Waals surface area contributed by atoms with Crippen molar-refractivity contribution in [1.29, 1.82) is 0 Å². The molecule has 0 unspecified atom stereocenters. The lowest BCUT2D eigenvalue weighted by Gasteiger charge is -2.30. The molecule has 1 heterocycles. The predicted octanol–water partition coefficient (Wildman–Crippen LogP) is 0.859. The van der Waals surface area contributed by atoms with Crippen LogP contribution in [0.15, 0.2) is 0 Å². The van der Waals surface area contributed by atoms with Crippen molar-refractivity contribution in [2.45, 2.75) is 12.6 Å². The number of alkyl halides is 3. The first-order valence-corrected chi connectivity index (χ1v) is 3.93. The maximum atomic E-state index is 12.3. The maximum Gasteiger partial charge on any atom is 0.392 e. The number of hydrogen-bond donors (Lipinski definition) is 2. The number of piperidine rings is 1. The summed E-state index contributed by atoms with van der Waals surface area (Å²) in [7, 11) is 0. The van der Waals surface area contributed by atoms with Gasteiger partial charge in [-0.25, -0.2) is 0 Å². The number of rotatable bonds is 1. The third-order valence-electron chi connectivity index (χ3n) is 2.22. The third kappa shape index (κ3) is 2.33. The average molecular weight is 197 g/mol. The molecule has 0 amide bonds. The molecule has 2 N–H and O–H groups in total. The first-order chi connectivity index (χ1) is 5.93. The number of nitrogens with one attached hydrogen (secondary N) is 1. The van der Waals surface area contributed by atoms with Crippen molar-refractivity contribution < 1.29 is 23.1 Å². The van der Waals surface area contributed by atoms with E-state index in [1.54, 1.807) is 0 Å². The Morgan fingerprint density at radius 1 is 1.46 bits per heavy atom. The lowest BCUT2D eigenvalue weighted by molar-refractivity contribution is -0.201. The van der Waals surface area contributed by atoms with Crippen molar-refractivity contribution in [2.75, 3.05) is 13.1 Å². The fraction of sp³-hybridized carbons (Fsp3) is 0.857. The van der Waals surface area contributed by atoms with Gasteiger partial charge in [0.2, 0.25) is 0 Å². The molecule has 13 heavy (non-hydrogen) atoms. The van der Waals surface area contributed by atoms with Crippen molar-refractivity contribution in [1.82, 2.24) is 5.32 Å². The Morgan fingerprint density at radius 2 is 2.08 bits per heavy atom. The van der Waals surface area contributed by atoms with Gasteiger partial charge < -0.3 is 10.4 Å². The Labute approximate surface area is 72.9 Å². The van der Waals surface area contributed by atoms with Crippen LogP contribution in [-0.4, -0.2) is 30.3 Å². The van der Waals surface area contributed by atoms with Crippen LogP contribution in [-0.2, 0) is 4.79 Å². The molecular weight excluding hydrogens is 187 g/mol. The van der Waals surface area contributed by atoms with E-state index in [0.717, 1.165) is 0 Å². The minimum atomic E-state index is -4.40. The second-order valence-electron chi connectivity index (χ2n) is 3.09. The molecule has 0 saturated carbocycles. The van der Waals surface area contributed by atoms with Crippen molar-refractivity contribution in [3.8, 4) is 0 Å². The van der Waals surface area contributed by atoms with Gasteiger partial charge in [-0.1, -0.05) is 0 Å². The van der Waals surface area contributed by atoms with Crippen molar-refractivity contribution in [3.63, 3.8) is 0 Å². The van der Waals surface area contributed by atoms with Crippen molar-refractivity contribution in [2.24, 2.45) is 11.8 Å². The molecule has 1 fully saturated rings. The first kappa shape index (κ1) is 10.3. The summed E-state index contributed by atoms with van der Waals surface area (Å²) in [6.07, 6.45) is -4.55. The molecular formula is C7H10F3NO2. The summed E-state index contributed by atoms with van der Waals surface area (Å²) in [5.74, 6) is -4.42. The number of carbonyl (C=O) groups is 1. The summed E-state index contributed by atoms with van der Waals surface area (Å²) in [4.78, 5) is 10.5. The van der Waals surface area contributed by atoms with E-state index in [4.69, 9.17) is 5.11 Å². The number of carboxylic acid groups (broad SMARTS) is 1. The highest BCUT2D eigenvalue weighted by Gasteiger charge is 2.48. The quantitative estimate of drug-likeness (QED) is 0.655. The second-order valence-corrected chi connectivity index (χ2v) is 3.09. The molecule has 0 aromatic carbocycles. The van der Waals surface area contributed by atoms with E-state index < -0.39 is 24.0 Å². The standard InChI is InChI=1S/C7H10F3NO2/c8-7(9,10)5-1-2-11-3-4(5)6(12)13/h4-5,11H,1-3H2,(H,12,13)/t4-,5+/m0/s1. The minimum absolute atomic E-state index is 0.0977. The lowest BCUT2D eigenvalue weighted by Crippen LogP contribution is -2.46. The van der Waals surface area contributed by atoms with Crippen LogP contribution in [0.1, 0.15) is 6.42 Å². The highest BCUT2D eigenvalue weighted by molar-refractivity contribution is 5.71. The fourth-order valence-corrected chi connectivity index (χ4v) is 1.51. The minimum Gasteiger partial charge on any atom is -0.481 e. The summed E-state index contributed by atoms with van der Waals surface area (Å²) in [6, 6.07) is 0. The number of carboxylic acids is 1. The fourth-order valence-electron chi connectivity index (χ4n) is 1.51. The molecule has 1 rings (SSSR count). The van der Waals surface area contributed by atoms with E-state index in [-0.39, 0.29) is 19.5 Å². The zero-order chi connectivity index (χ0) is 10.1. The Balaban J connectivity index is 2.73. The first-order valence-electron chi connectivity index (χ1n) is 3.93. The van der Waals surface area contributed by atoms with Gasteiger partial charge in [-0.3, -0.25) is 4.79 Å². The number of hydrogen-bond acceptors (Lipinski definition) is 2. The highest BCUT2D eigenvalue weighted by Crippen LogP contribution is 2.35. The van der Waals surface area contributed by atoms with Gasteiger partial charge in [0.05, 0.1) is 11.8 Å². The number of halogens is 3. The van der Waals surface area contributed by atoms with E-state index in [2.05, 4.69) is 5.32 Å². The summed E-state index contributed by atoms with van der Waals surface area (Å²) in [5.41, 5.74) is 0. The van der Waals surface area contributed by atoms with E-state index in [0.29, 0.717) is 0 Å². The summed E-state index contributed by atoms with van der Waals surface area (Å²) in [5, 5.41) is 11.2. The topological polar surface area (TPSA) is 49.3 Å². The highest BCUT2D eigenvalue weighted by atomic mass is 19.4. The molecule has 0 radical (unpaired) electrons. The summed E-state index contributed by atoms with van der Waals surface area (Å²) < 4.78 is 36.8. The van der Waals surface area contributed by atoms with Crippen LogP contribution in [0.25, 0.3) is 0 Å². The molecule has 2 atom stereocenters. The zero-order valence-corrected chi connectivity index (χ0v) is 6.77. The maximum absolute atomic E-state index is 12.3. The molecule has 76 valence electrons. The molecule has 0 bridgehead atoms. The van der Waals surface area contributed by atoms with Crippen molar-refractivity contribution >= 4 is 5.97 Å². The van der Waals surface area contributed by atoms with Gasteiger partial charge in [0.15, 0.2) is 0 Å². The Kier molecular flexibility index (Phi) is 2.80. The third-order valence-corrected chi connectivity index (χ3v) is 2.22. The predicted molar refractivity (Wildman–Crippen MR) is 38.2 cm³/mol. The monoisotopic (exact) mass is 197 g/mol. The molecule has 1 aliphatic heterocycles. The zero-order valence-electron chi connectivity index (χ0n) is 6.77.